The number of nitrogens with zero attached hydrogens (tertiary/aromatic N) is 5. The lowest BCUT2D eigenvalue weighted by molar-refractivity contribution is -0.133. The summed E-state index contributed by atoms with van der Waals surface area (Å²) in [5, 5.41) is 3.16. The number of aromatic nitrogens is 3. The van der Waals surface area contributed by atoms with Crippen molar-refractivity contribution in [1.82, 2.24) is 23.9 Å². The fourth-order valence-corrected chi connectivity index (χ4v) is 5.26. The van der Waals surface area contributed by atoms with Gasteiger partial charge in [-0.2, -0.15) is 0 Å². The van der Waals surface area contributed by atoms with Gasteiger partial charge < -0.3 is 4.90 Å². The minimum absolute atomic E-state index is 0.00391. The number of piperazine rings is 1. The number of carbonyl (C=O) groups is 1. The van der Waals surface area contributed by atoms with E-state index in [2.05, 4.69) is 22.4 Å². The number of benzene rings is 2. The number of thiazole rings is 1. The van der Waals surface area contributed by atoms with Crippen LogP contribution in [0.4, 0.5) is 0 Å². The first-order valence-electron chi connectivity index (χ1n) is 11.3. The SMILES string of the molecule is CCn1c(=O)n(CC(=O)N2CCN(Cc3csc(-c4ccccc4)n3)CC2)c2ccccc21. The Balaban J connectivity index is 1.20. The first-order valence-corrected chi connectivity index (χ1v) is 12.2. The third kappa shape index (κ3) is 4.36. The van der Waals surface area contributed by atoms with E-state index in [1.54, 1.807) is 20.5 Å². The zero-order valence-corrected chi connectivity index (χ0v) is 19.5. The van der Waals surface area contributed by atoms with E-state index in [0.29, 0.717) is 19.6 Å². The van der Waals surface area contributed by atoms with E-state index in [1.807, 2.05) is 54.3 Å². The van der Waals surface area contributed by atoms with Gasteiger partial charge in [0, 0.05) is 50.2 Å². The van der Waals surface area contributed by atoms with Crippen LogP contribution in [0.3, 0.4) is 0 Å². The van der Waals surface area contributed by atoms with Crippen molar-refractivity contribution in [3.63, 3.8) is 0 Å². The third-order valence-corrected chi connectivity index (χ3v) is 7.16. The van der Waals surface area contributed by atoms with Crippen molar-refractivity contribution < 1.29 is 4.79 Å². The summed E-state index contributed by atoms with van der Waals surface area (Å²) in [6.07, 6.45) is 0. The average molecular weight is 462 g/mol. The van der Waals surface area contributed by atoms with Gasteiger partial charge in [0.1, 0.15) is 11.6 Å². The first-order chi connectivity index (χ1) is 16.1. The number of hydrogen-bond acceptors (Lipinski definition) is 5. The number of carbonyl (C=O) groups excluding carboxylic acids is 1. The lowest BCUT2D eigenvalue weighted by Crippen LogP contribution is -2.49. The number of hydrogen-bond donors (Lipinski definition) is 0. The second kappa shape index (κ2) is 9.33. The molecule has 0 saturated carbocycles. The molecule has 1 fully saturated rings. The second-order valence-electron chi connectivity index (χ2n) is 8.27. The standard InChI is InChI=1S/C25H27N5O2S/c1-2-29-21-10-6-7-11-22(21)30(25(29)32)17-23(31)28-14-12-27(13-15-28)16-20-18-33-24(26-20)19-8-4-3-5-9-19/h3-11,18H,2,12-17H2,1H3. The Hall–Kier alpha value is -3.23. The molecule has 0 spiro atoms. The molecule has 3 heterocycles. The van der Waals surface area contributed by atoms with Gasteiger partial charge in [0.25, 0.3) is 0 Å². The van der Waals surface area contributed by atoms with Crippen molar-refractivity contribution in [2.24, 2.45) is 0 Å². The fraction of sp³-hybridized carbons (Fsp3) is 0.320. The van der Waals surface area contributed by atoms with Crippen LogP contribution < -0.4 is 5.69 Å². The van der Waals surface area contributed by atoms with Crippen LogP contribution in [0.2, 0.25) is 0 Å². The molecule has 0 radical (unpaired) electrons. The Kier molecular flexibility index (Phi) is 6.11. The molecular weight excluding hydrogens is 434 g/mol. The van der Waals surface area contributed by atoms with E-state index in [1.165, 1.54) is 0 Å². The molecule has 170 valence electrons. The zero-order valence-electron chi connectivity index (χ0n) is 18.7. The summed E-state index contributed by atoms with van der Waals surface area (Å²) in [5.74, 6) is -0.00391. The molecule has 2 aromatic carbocycles. The normalized spacial score (nSPS) is 14.8. The van der Waals surface area contributed by atoms with Gasteiger partial charge in [-0.25, -0.2) is 9.78 Å². The molecule has 0 bridgehead atoms. The van der Waals surface area contributed by atoms with Gasteiger partial charge in [-0.3, -0.25) is 18.8 Å². The zero-order chi connectivity index (χ0) is 22.8. The number of amides is 1. The third-order valence-electron chi connectivity index (χ3n) is 6.22. The van der Waals surface area contributed by atoms with Crippen molar-refractivity contribution in [2.75, 3.05) is 26.2 Å². The molecule has 0 atom stereocenters. The van der Waals surface area contributed by atoms with Crippen molar-refractivity contribution in [2.45, 2.75) is 26.6 Å². The second-order valence-corrected chi connectivity index (χ2v) is 9.13. The summed E-state index contributed by atoms with van der Waals surface area (Å²) < 4.78 is 3.33. The summed E-state index contributed by atoms with van der Waals surface area (Å²) >= 11 is 1.67. The highest BCUT2D eigenvalue weighted by atomic mass is 32.1. The van der Waals surface area contributed by atoms with E-state index in [-0.39, 0.29) is 18.1 Å². The van der Waals surface area contributed by atoms with Gasteiger partial charge >= 0.3 is 5.69 Å². The van der Waals surface area contributed by atoms with Crippen LogP contribution in [0.15, 0.2) is 64.8 Å². The van der Waals surface area contributed by atoms with Crippen molar-refractivity contribution in [3.8, 4) is 10.6 Å². The summed E-state index contributed by atoms with van der Waals surface area (Å²) in [6.45, 7) is 6.33. The lowest BCUT2D eigenvalue weighted by Gasteiger charge is -2.34. The average Bonchev–Trinajstić information content (AvgIpc) is 3.42. The van der Waals surface area contributed by atoms with E-state index in [0.717, 1.165) is 46.9 Å². The molecule has 0 N–H and O–H groups in total. The van der Waals surface area contributed by atoms with E-state index >= 15 is 0 Å². The molecular formula is C25H27N5O2S. The highest BCUT2D eigenvalue weighted by molar-refractivity contribution is 7.13. The maximum atomic E-state index is 13.0. The van der Waals surface area contributed by atoms with Gasteiger partial charge in [0.15, 0.2) is 0 Å². The Morgan fingerprint density at radius 2 is 1.61 bits per heavy atom. The smallest absolute Gasteiger partial charge is 0.329 e. The van der Waals surface area contributed by atoms with E-state index in [9.17, 15) is 9.59 Å². The number of imidazole rings is 1. The first kappa shape index (κ1) is 21.6. The molecule has 0 aliphatic carbocycles. The largest absolute Gasteiger partial charge is 0.339 e. The Bertz CT molecular complexity index is 1320. The molecule has 1 aliphatic heterocycles. The number of para-hydroxylation sites is 2. The summed E-state index contributed by atoms with van der Waals surface area (Å²) in [5.41, 5.74) is 3.78. The number of aryl methyl sites for hydroxylation is 1. The van der Waals surface area contributed by atoms with Crippen LogP contribution in [0.25, 0.3) is 21.6 Å². The molecule has 7 nitrogen and oxygen atoms in total. The van der Waals surface area contributed by atoms with Crippen molar-refractivity contribution >= 4 is 28.3 Å². The molecule has 1 amide bonds. The molecule has 1 saturated heterocycles. The Morgan fingerprint density at radius 1 is 0.939 bits per heavy atom. The molecule has 33 heavy (non-hydrogen) atoms. The highest BCUT2D eigenvalue weighted by Crippen LogP contribution is 2.24. The number of fused-ring (bicyclic) bond motifs is 1. The van der Waals surface area contributed by atoms with Crippen LogP contribution in [-0.2, 0) is 24.4 Å². The van der Waals surface area contributed by atoms with Gasteiger partial charge in [0.2, 0.25) is 5.91 Å². The molecule has 0 unspecified atom stereocenters. The number of rotatable bonds is 6. The molecule has 2 aromatic heterocycles. The fourth-order valence-electron chi connectivity index (χ4n) is 4.44. The summed E-state index contributed by atoms with van der Waals surface area (Å²) in [7, 11) is 0. The van der Waals surface area contributed by atoms with Crippen LogP contribution in [0.5, 0.6) is 0 Å². The molecule has 8 heteroatoms. The maximum Gasteiger partial charge on any atom is 0.329 e. The highest BCUT2D eigenvalue weighted by Gasteiger charge is 2.23. The van der Waals surface area contributed by atoms with Crippen LogP contribution in [0.1, 0.15) is 12.6 Å². The quantitative estimate of drug-likeness (QED) is 0.442. The molecule has 4 aromatic rings. The van der Waals surface area contributed by atoms with Gasteiger partial charge in [0.05, 0.1) is 16.7 Å². The Labute approximate surface area is 196 Å². The molecule has 5 rings (SSSR count). The van der Waals surface area contributed by atoms with Gasteiger partial charge in [-0.15, -0.1) is 11.3 Å². The minimum Gasteiger partial charge on any atom is -0.339 e. The molecule has 1 aliphatic rings. The van der Waals surface area contributed by atoms with Gasteiger partial charge in [-0.1, -0.05) is 42.5 Å². The van der Waals surface area contributed by atoms with Crippen molar-refractivity contribution in [3.05, 3.63) is 76.2 Å². The summed E-state index contributed by atoms with van der Waals surface area (Å²) in [4.78, 5) is 34.9. The van der Waals surface area contributed by atoms with Crippen LogP contribution in [-0.4, -0.2) is 56.0 Å². The predicted octanol–water partition coefficient (Wildman–Crippen LogP) is 3.29. The predicted molar refractivity (Wildman–Crippen MR) is 131 cm³/mol. The summed E-state index contributed by atoms with van der Waals surface area (Å²) in [6, 6.07) is 17.9. The minimum atomic E-state index is -0.122. The van der Waals surface area contributed by atoms with E-state index in [4.69, 9.17) is 4.98 Å². The van der Waals surface area contributed by atoms with E-state index < -0.39 is 0 Å². The van der Waals surface area contributed by atoms with Crippen molar-refractivity contribution in [1.29, 1.82) is 0 Å². The topological polar surface area (TPSA) is 63.4 Å². The maximum absolute atomic E-state index is 13.0. The van der Waals surface area contributed by atoms with Crippen LogP contribution >= 0.6 is 11.3 Å². The Morgan fingerprint density at radius 3 is 2.30 bits per heavy atom. The lowest BCUT2D eigenvalue weighted by atomic mass is 10.2. The van der Waals surface area contributed by atoms with Crippen LogP contribution in [0, 0.1) is 0 Å². The van der Waals surface area contributed by atoms with Gasteiger partial charge in [-0.05, 0) is 19.1 Å². The monoisotopic (exact) mass is 461 g/mol.